The molecule has 0 atom stereocenters. The summed E-state index contributed by atoms with van der Waals surface area (Å²) in [7, 11) is 6.36. The van der Waals surface area contributed by atoms with Gasteiger partial charge in [-0.25, -0.2) is 0 Å². The molecular formula is C9H20N2. The lowest BCUT2D eigenvalue weighted by Gasteiger charge is -2.15. The van der Waals surface area contributed by atoms with E-state index in [0.717, 1.165) is 0 Å². The van der Waals surface area contributed by atoms with Crippen molar-refractivity contribution >= 4 is 0 Å². The first-order valence-corrected chi connectivity index (χ1v) is 4.52. The maximum atomic E-state index is 3.41. The third-order valence-corrected chi connectivity index (χ3v) is 2.64. The van der Waals surface area contributed by atoms with Crippen molar-refractivity contribution in [3.8, 4) is 0 Å². The Bertz CT molecular complexity index is 117. The van der Waals surface area contributed by atoms with Gasteiger partial charge in [0.2, 0.25) is 0 Å². The van der Waals surface area contributed by atoms with Crippen LogP contribution in [0.4, 0.5) is 0 Å². The van der Waals surface area contributed by atoms with Gasteiger partial charge in [-0.2, -0.15) is 0 Å². The number of hydrogen-bond donors (Lipinski definition) is 1. The van der Waals surface area contributed by atoms with Gasteiger partial charge in [0.1, 0.15) is 0 Å². The van der Waals surface area contributed by atoms with Gasteiger partial charge in [-0.3, -0.25) is 0 Å². The van der Waals surface area contributed by atoms with E-state index in [1.54, 1.807) is 0 Å². The van der Waals surface area contributed by atoms with Crippen molar-refractivity contribution in [3.63, 3.8) is 0 Å². The summed E-state index contributed by atoms with van der Waals surface area (Å²) >= 11 is 0. The molecule has 1 N–H and O–H groups in total. The summed E-state index contributed by atoms with van der Waals surface area (Å²) in [5, 5.41) is 3.41. The lowest BCUT2D eigenvalue weighted by molar-refractivity contribution is 0.370. The fraction of sp³-hybridized carbons (Fsp3) is 1.00. The fourth-order valence-corrected chi connectivity index (χ4v) is 1.51. The second-order valence-corrected chi connectivity index (χ2v) is 3.94. The molecule has 0 radical (unpaired) electrons. The molecule has 0 aromatic rings. The summed E-state index contributed by atoms with van der Waals surface area (Å²) in [5.41, 5.74) is 0.552. The van der Waals surface area contributed by atoms with Gasteiger partial charge in [-0.05, 0) is 53.4 Å². The summed E-state index contributed by atoms with van der Waals surface area (Å²) in [6.45, 7) is 1.23. The lowest BCUT2D eigenvalue weighted by Crippen LogP contribution is -2.28. The normalized spacial score (nSPS) is 20.7. The van der Waals surface area contributed by atoms with Gasteiger partial charge in [-0.15, -0.1) is 0 Å². The standard InChI is InChI=1S/C9H20N2/c1-10-9(6-7-9)5-4-8-11(2)3/h10H,4-8H2,1-3H3. The Balaban J connectivity index is 2.03. The van der Waals surface area contributed by atoms with Gasteiger partial charge in [0.05, 0.1) is 0 Å². The molecule has 0 aromatic carbocycles. The third-order valence-electron chi connectivity index (χ3n) is 2.64. The van der Waals surface area contributed by atoms with Gasteiger partial charge in [0, 0.05) is 5.54 Å². The van der Waals surface area contributed by atoms with Crippen molar-refractivity contribution in [2.24, 2.45) is 0 Å². The molecule has 11 heavy (non-hydrogen) atoms. The van der Waals surface area contributed by atoms with Crippen LogP contribution in [0.15, 0.2) is 0 Å². The minimum Gasteiger partial charge on any atom is -0.314 e. The zero-order valence-corrected chi connectivity index (χ0v) is 7.98. The van der Waals surface area contributed by atoms with E-state index in [0.29, 0.717) is 5.54 Å². The highest BCUT2D eigenvalue weighted by atomic mass is 15.1. The van der Waals surface area contributed by atoms with Gasteiger partial charge in [0.15, 0.2) is 0 Å². The first kappa shape index (κ1) is 9.01. The second-order valence-electron chi connectivity index (χ2n) is 3.94. The molecule has 66 valence electrons. The number of rotatable bonds is 5. The smallest absolute Gasteiger partial charge is 0.0180 e. The zero-order valence-electron chi connectivity index (χ0n) is 7.98. The maximum absolute atomic E-state index is 3.41. The Morgan fingerprint density at radius 2 is 2.00 bits per heavy atom. The van der Waals surface area contributed by atoms with Crippen LogP contribution in [0, 0.1) is 0 Å². The van der Waals surface area contributed by atoms with E-state index in [2.05, 4.69) is 31.4 Å². The molecule has 1 aliphatic rings. The van der Waals surface area contributed by atoms with Crippen LogP contribution < -0.4 is 5.32 Å². The van der Waals surface area contributed by atoms with E-state index in [1.807, 2.05) is 0 Å². The van der Waals surface area contributed by atoms with Crippen LogP contribution in [0.3, 0.4) is 0 Å². The third kappa shape index (κ3) is 2.80. The fourth-order valence-electron chi connectivity index (χ4n) is 1.51. The monoisotopic (exact) mass is 156 g/mol. The molecule has 0 aliphatic heterocycles. The van der Waals surface area contributed by atoms with Crippen LogP contribution in [0.1, 0.15) is 25.7 Å². The zero-order chi connectivity index (χ0) is 8.32. The van der Waals surface area contributed by atoms with Gasteiger partial charge in [-0.1, -0.05) is 0 Å². The van der Waals surface area contributed by atoms with Crippen molar-refractivity contribution in [3.05, 3.63) is 0 Å². The van der Waals surface area contributed by atoms with E-state index >= 15 is 0 Å². The summed E-state index contributed by atoms with van der Waals surface area (Å²) in [5.74, 6) is 0. The predicted octanol–water partition coefficient (Wildman–Crippen LogP) is 1.08. The van der Waals surface area contributed by atoms with Crippen LogP contribution in [-0.4, -0.2) is 38.1 Å². The molecule has 1 aliphatic carbocycles. The molecule has 1 rings (SSSR count). The summed E-state index contributed by atoms with van der Waals surface area (Å²) in [6, 6.07) is 0. The van der Waals surface area contributed by atoms with Crippen molar-refractivity contribution in [2.45, 2.75) is 31.2 Å². The van der Waals surface area contributed by atoms with Crippen molar-refractivity contribution < 1.29 is 0 Å². The molecule has 0 bridgehead atoms. The number of nitrogens with zero attached hydrogens (tertiary/aromatic N) is 1. The largest absolute Gasteiger partial charge is 0.314 e. The summed E-state index contributed by atoms with van der Waals surface area (Å²) < 4.78 is 0. The van der Waals surface area contributed by atoms with Crippen molar-refractivity contribution in [2.75, 3.05) is 27.7 Å². The summed E-state index contributed by atoms with van der Waals surface area (Å²) in [6.07, 6.45) is 5.45. The van der Waals surface area contributed by atoms with Crippen molar-refractivity contribution in [1.82, 2.24) is 10.2 Å². The molecular weight excluding hydrogens is 136 g/mol. The minimum absolute atomic E-state index is 0.552. The minimum atomic E-state index is 0.552. The Labute approximate surface area is 70.0 Å². The van der Waals surface area contributed by atoms with E-state index in [-0.39, 0.29) is 0 Å². The summed E-state index contributed by atoms with van der Waals surface area (Å²) in [4.78, 5) is 2.26. The number of hydrogen-bond acceptors (Lipinski definition) is 2. The second kappa shape index (κ2) is 3.55. The van der Waals surface area contributed by atoms with Gasteiger partial charge < -0.3 is 10.2 Å². The Kier molecular flexibility index (Phi) is 2.90. The molecule has 2 nitrogen and oxygen atoms in total. The highest BCUT2D eigenvalue weighted by Gasteiger charge is 2.39. The Hall–Kier alpha value is -0.0800. The molecule has 1 saturated carbocycles. The first-order chi connectivity index (χ1) is 5.18. The Morgan fingerprint density at radius 1 is 1.36 bits per heavy atom. The molecule has 2 heteroatoms. The first-order valence-electron chi connectivity index (χ1n) is 4.52. The molecule has 0 heterocycles. The van der Waals surface area contributed by atoms with E-state index in [4.69, 9.17) is 0 Å². The lowest BCUT2D eigenvalue weighted by atomic mass is 10.1. The van der Waals surface area contributed by atoms with E-state index in [1.165, 1.54) is 32.2 Å². The molecule has 0 unspecified atom stereocenters. The van der Waals surface area contributed by atoms with Crippen LogP contribution in [0.5, 0.6) is 0 Å². The van der Waals surface area contributed by atoms with Gasteiger partial charge >= 0.3 is 0 Å². The molecule has 0 aromatic heterocycles. The van der Waals surface area contributed by atoms with Gasteiger partial charge in [0.25, 0.3) is 0 Å². The average molecular weight is 156 g/mol. The van der Waals surface area contributed by atoms with E-state index in [9.17, 15) is 0 Å². The van der Waals surface area contributed by atoms with Crippen LogP contribution in [0.2, 0.25) is 0 Å². The van der Waals surface area contributed by atoms with Crippen LogP contribution in [0.25, 0.3) is 0 Å². The Morgan fingerprint density at radius 3 is 2.36 bits per heavy atom. The van der Waals surface area contributed by atoms with E-state index < -0.39 is 0 Å². The highest BCUT2D eigenvalue weighted by molar-refractivity contribution is 5.00. The average Bonchev–Trinajstić information content (AvgIpc) is 2.69. The van der Waals surface area contributed by atoms with Crippen LogP contribution in [-0.2, 0) is 0 Å². The number of nitrogens with one attached hydrogen (secondary N) is 1. The molecule has 0 saturated heterocycles. The predicted molar refractivity (Wildman–Crippen MR) is 48.8 cm³/mol. The highest BCUT2D eigenvalue weighted by Crippen LogP contribution is 2.38. The molecule has 0 spiro atoms. The quantitative estimate of drug-likeness (QED) is 0.641. The SMILES string of the molecule is CNC1(CCCN(C)C)CC1. The maximum Gasteiger partial charge on any atom is 0.0180 e. The topological polar surface area (TPSA) is 15.3 Å². The molecule has 1 fully saturated rings. The molecule has 0 amide bonds. The van der Waals surface area contributed by atoms with Crippen LogP contribution >= 0.6 is 0 Å². The van der Waals surface area contributed by atoms with Crippen molar-refractivity contribution in [1.29, 1.82) is 0 Å².